The van der Waals surface area contributed by atoms with Crippen molar-refractivity contribution in [1.29, 1.82) is 0 Å². The quantitative estimate of drug-likeness (QED) is 0.537. The van der Waals surface area contributed by atoms with E-state index in [1.165, 1.54) is 0 Å². The second kappa shape index (κ2) is 3.06. The predicted octanol–water partition coefficient (Wildman–Crippen LogP) is -1.06. The van der Waals surface area contributed by atoms with E-state index in [4.69, 9.17) is 5.73 Å². The van der Waals surface area contributed by atoms with E-state index in [9.17, 15) is 5.21 Å². The van der Waals surface area contributed by atoms with Gasteiger partial charge in [0.2, 0.25) is 5.96 Å². The Hall–Kier alpha value is -0.810. The Morgan fingerprint density at radius 1 is 1.82 bits per heavy atom. The maximum Gasteiger partial charge on any atom is 0.216 e. The van der Waals surface area contributed by atoms with Crippen LogP contribution in [-0.4, -0.2) is 54.4 Å². The normalized spacial score (nSPS) is 24.5. The zero-order valence-corrected chi connectivity index (χ0v) is 6.86. The van der Waals surface area contributed by atoms with Crippen LogP contribution in [0.1, 0.15) is 0 Å². The summed E-state index contributed by atoms with van der Waals surface area (Å²) in [7, 11) is 3.89. The largest absolute Gasteiger partial charge is 0.368 e. The van der Waals surface area contributed by atoms with Crippen molar-refractivity contribution >= 4 is 5.96 Å². The van der Waals surface area contributed by atoms with Crippen molar-refractivity contribution in [2.75, 3.05) is 27.2 Å². The maximum atomic E-state index is 9.26. The highest BCUT2D eigenvalue weighted by molar-refractivity contribution is 5.78. The van der Waals surface area contributed by atoms with Crippen LogP contribution in [-0.2, 0) is 0 Å². The molecule has 1 heterocycles. The summed E-state index contributed by atoms with van der Waals surface area (Å²) in [6.45, 7) is 1.35. The number of nitrogens with two attached hydrogens (primary N) is 1. The van der Waals surface area contributed by atoms with Crippen molar-refractivity contribution in [3.63, 3.8) is 0 Å². The predicted molar refractivity (Wildman–Crippen MR) is 42.5 cm³/mol. The summed E-state index contributed by atoms with van der Waals surface area (Å²) < 4.78 is 0. The fourth-order valence-electron chi connectivity index (χ4n) is 1.09. The second-order valence-electron chi connectivity index (χ2n) is 2.96. The lowest BCUT2D eigenvalue weighted by Gasteiger charge is -2.21. The Labute approximate surface area is 66.1 Å². The number of nitrogens with zero attached hydrogens (tertiary/aromatic N) is 3. The highest BCUT2D eigenvalue weighted by Crippen LogP contribution is 2.04. The van der Waals surface area contributed by atoms with Gasteiger partial charge in [0.05, 0.1) is 12.6 Å². The van der Waals surface area contributed by atoms with Crippen LogP contribution >= 0.6 is 0 Å². The fourth-order valence-corrected chi connectivity index (χ4v) is 1.09. The molecule has 0 bridgehead atoms. The zero-order valence-electron chi connectivity index (χ0n) is 6.86. The molecule has 1 aliphatic heterocycles. The van der Waals surface area contributed by atoms with Gasteiger partial charge in [-0.05, 0) is 14.1 Å². The first kappa shape index (κ1) is 8.29. The van der Waals surface area contributed by atoms with Crippen molar-refractivity contribution in [2.24, 2.45) is 10.7 Å². The van der Waals surface area contributed by atoms with Gasteiger partial charge in [0.25, 0.3) is 0 Å². The summed E-state index contributed by atoms with van der Waals surface area (Å²) in [5.74, 6) is 0.219. The lowest BCUT2D eigenvalue weighted by Crippen LogP contribution is -2.43. The Bertz CT molecular complexity index is 168. The molecule has 5 heteroatoms. The Kier molecular flexibility index (Phi) is 2.31. The highest BCUT2D eigenvalue weighted by atomic mass is 16.5. The van der Waals surface area contributed by atoms with Gasteiger partial charge in [0.1, 0.15) is 0 Å². The van der Waals surface area contributed by atoms with Gasteiger partial charge in [0, 0.05) is 6.54 Å². The maximum absolute atomic E-state index is 9.26. The number of rotatable bonds is 2. The van der Waals surface area contributed by atoms with E-state index >= 15 is 0 Å². The van der Waals surface area contributed by atoms with Crippen molar-refractivity contribution in [3.8, 4) is 0 Å². The van der Waals surface area contributed by atoms with Crippen LogP contribution < -0.4 is 5.73 Å². The first-order valence-corrected chi connectivity index (χ1v) is 3.54. The van der Waals surface area contributed by atoms with Crippen LogP contribution in [0.25, 0.3) is 0 Å². The van der Waals surface area contributed by atoms with E-state index in [0.717, 1.165) is 11.6 Å². The van der Waals surface area contributed by atoms with Gasteiger partial charge in [-0.2, -0.15) is 0 Å². The van der Waals surface area contributed by atoms with E-state index in [1.54, 1.807) is 0 Å². The molecule has 0 radical (unpaired) electrons. The summed E-state index contributed by atoms with van der Waals surface area (Å²) in [5.41, 5.74) is 5.35. The number of aliphatic imine (C=N–C) groups is 1. The van der Waals surface area contributed by atoms with Gasteiger partial charge >= 0.3 is 0 Å². The summed E-state index contributed by atoms with van der Waals surface area (Å²) in [6.07, 6.45) is 0. The summed E-state index contributed by atoms with van der Waals surface area (Å²) in [4.78, 5) is 5.88. The van der Waals surface area contributed by atoms with Gasteiger partial charge < -0.3 is 10.6 Å². The molecule has 1 unspecified atom stereocenters. The lowest BCUT2D eigenvalue weighted by atomic mass is 10.3. The van der Waals surface area contributed by atoms with Crippen molar-refractivity contribution in [2.45, 2.75) is 6.04 Å². The number of hydroxylamine groups is 2. The van der Waals surface area contributed by atoms with Gasteiger partial charge in [-0.15, -0.1) is 0 Å². The standard InChI is InChI=1S/C6H14N4O/c1-9(2)4-5-3-8-6(7)10(5)11/h5,11H,3-4H2,1-2H3,(H2,7,8). The molecular formula is C6H14N4O. The first-order chi connectivity index (χ1) is 5.11. The molecule has 3 N–H and O–H groups in total. The first-order valence-electron chi connectivity index (χ1n) is 3.54. The van der Waals surface area contributed by atoms with E-state index in [0.29, 0.717) is 6.54 Å². The SMILES string of the molecule is CN(C)CC1CN=C(N)N1O. The average Bonchev–Trinajstić information content (AvgIpc) is 2.18. The molecule has 64 valence electrons. The number of hydrogen-bond acceptors (Lipinski definition) is 5. The van der Waals surface area contributed by atoms with Crippen LogP contribution in [0.2, 0.25) is 0 Å². The summed E-state index contributed by atoms with van der Waals surface area (Å²) in [6, 6.07) is 0.0185. The monoisotopic (exact) mass is 158 g/mol. The van der Waals surface area contributed by atoms with Crippen molar-refractivity contribution < 1.29 is 5.21 Å². The minimum absolute atomic E-state index is 0.0185. The third-order valence-electron chi connectivity index (χ3n) is 1.62. The minimum atomic E-state index is 0.0185. The third kappa shape index (κ3) is 1.81. The smallest absolute Gasteiger partial charge is 0.216 e. The van der Waals surface area contributed by atoms with E-state index in [-0.39, 0.29) is 12.0 Å². The second-order valence-corrected chi connectivity index (χ2v) is 2.96. The average molecular weight is 158 g/mol. The van der Waals surface area contributed by atoms with Gasteiger partial charge in [0.15, 0.2) is 0 Å². The molecule has 0 aliphatic carbocycles. The number of guanidine groups is 1. The molecule has 0 saturated heterocycles. The van der Waals surface area contributed by atoms with E-state index in [1.807, 2.05) is 19.0 Å². The van der Waals surface area contributed by atoms with E-state index in [2.05, 4.69) is 4.99 Å². The third-order valence-corrected chi connectivity index (χ3v) is 1.62. The molecule has 0 fully saturated rings. The molecule has 0 aromatic rings. The minimum Gasteiger partial charge on any atom is -0.368 e. The van der Waals surface area contributed by atoms with Gasteiger partial charge in [-0.25, -0.2) is 10.1 Å². The van der Waals surface area contributed by atoms with Crippen molar-refractivity contribution in [3.05, 3.63) is 0 Å². The number of likely N-dealkylation sites (N-methyl/N-ethyl adjacent to an activating group) is 1. The Balaban J connectivity index is 2.41. The molecule has 1 rings (SSSR count). The molecule has 1 aliphatic rings. The zero-order chi connectivity index (χ0) is 8.43. The summed E-state index contributed by atoms with van der Waals surface area (Å²) in [5, 5.41) is 10.3. The molecule has 0 aromatic heterocycles. The Morgan fingerprint density at radius 2 is 2.45 bits per heavy atom. The van der Waals surface area contributed by atoms with Crippen LogP contribution in [0.4, 0.5) is 0 Å². The summed E-state index contributed by atoms with van der Waals surface area (Å²) >= 11 is 0. The molecule has 5 nitrogen and oxygen atoms in total. The molecule has 0 spiro atoms. The molecule has 0 saturated carbocycles. The molecule has 1 atom stereocenters. The molecule has 0 aromatic carbocycles. The van der Waals surface area contributed by atoms with E-state index < -0.39 is 0 Å². The van der Waals surface area contributed by atoms with Crippen molar-refractivity contribution in [1.82, 2.24) is 9.96 Å². The lowest BCUT2D eigenvalue weighted by molar-refractivity contribution is -0.0477. The van der Waals surface area contributed by atoms with Crippen LogP contribution in [0.3, 0.4) is 0 Å². The van der Waals surface area contributed by atoms with Crippen LogP contribution in [0.5, 0.6) is 0 Å². The number of hydrogen-bond donors (Lipinski definition) is 2. The molecular weight excluding hydrogens is 144 g/mol. The topological polar surface area (TPSA) is 65.1 Å². The van der Waals surface area contributed by atoms with Gasteiger partial charge in [-0.1, -0.05) is 0 Å². The van der Waals surface area contributed by atoms with Gasteiger partial charge in [-0.3, -0.25) is 5.21 Å². The van der Waals surface area contributed by atoms with Crippen LogP contribution in [0.15, 0.2) is 4.99 Å². The molecule has 0 amide bonds. The fraction of sp³-hybridized carbons (Fsp3) is 0.833. The Morgan fingerprint density at radius 3 is 2.82 bits per heavy atom. The molecule has 11 heavy (non-hydrogen) atoms. The highest BCUT2D eigenvalue weighted by Gasteiger charge is 2.24. The van der Waals surface area contributed by atoms with Crippen LogP contribution in [0, 0.1) is 0 Å².